The zero-order valence-electron chi connectivity index (χ0n) is 14.0. The van der Waals surface area contributed by atoms with Gasteiger partial charge in [-0.2, -0.15) is 0 Å². The Morgan fingerprint density at radius 2 is 1.80 bits per heavy atom. The van der Waals surface area contributed by atoms with E-state index in [2.05, 4.69) is 19.9 Å². The van der Waals surface area contributed by atoms with Crippen molar-refractivity contribution < 1.29 is 8.78 Å². The van der Waals surface area contributed by atoms with Crippen LogP contribution in [0.15, 0.2) is 43.1 Å². The Bertz CT molecular complexity index is 712. The first kappa shape index (κ1) is 16.3. The van der Waals surface area contributed by atoms with Gasteiger partial charge in [0, 0.05) is 63.9 Å². The first-order valence-corrected chi connectivity index (χ1v) is 8.58. The average molecular weight is 345 g/mol. The standard InChI is InChI=1S/C18H21F2N5/c19-18(20)4-9-24(12-15-1-5-21-6-2-15)13-17(18)3-10-25(14-17)16-11-22-7-8-23-16/h1-2,5-8,11H,3-4,9-10,12-14H2/t17-/m0/s1. The Hall–Kier alpha value is -2.15. The molecule has 2 aromatic rings. The van der Waals surface area contributed by atoms with Crippen molar-refractivity contribution in [3.8, 4) is 0 Å². The number of alkyl halides is 2. The smallest absolute Gasteiger partial charge is 0.257 e. The summed E-state index contributed by atoms with van der Waals surface area (Å²) in [7, 11) is 0. The van der Waals surface area contributed by atoms with E-state index in [1.807, 2.05) is 17.0 Å². The molecule has 1 atom stereocenters. The molecule has 0 amide bonds. The molecule has 0 aromatic carbocycles. The van der Waals surface area contributed by atoms with Gasteiger partial charge in [-0.05, 0) is 24.1 Å². The lowest BCUT2D eigenvalue weighted by molar-refractivity contribution is -0.158. The normalized spacial score (nSPS) is 26.2. The predicted octanol–water partition coefficient (Wildman–Crippen LogP) is 2.61. The lowest BCUT2D eigenvalue weighted by Crippen LogP contribution is -2.56. The second-order valence-corrected chi connectivity index (χ2v) is 7.04. The van der Waals surface area contributed by atoms with E-state index in [1.54, 1.807) is 31.0 Å². The van der Waals surface area contributed by atoms with E-state index >= 15 is 0 Å². The highest BCUT2D eigenvalue weighted by molar-refractivity contribution is 5.38. The molecule has 0 unspecified atom stereocenters. The first-order valence-electron chi connectivity index (χ1n) is 8.58. The summed E-state index contributed by atoms with van der Waals surface area (Å²) in [6, 6.07) is 3.89. The van der Waals surface area contributed by atoms with Gasteiger partial charge in [-0.25, -0.2) is 13.8 Å². The summed E-state index contributed by atoms with van der Waals surface area (Å²) in [6.07, 6.45) is 8.73. The molecule has 2 saturated heterocycles. The minimum atomic E-state index is -2.65. The summed E-state index contributed by atoms with van der Waals surface area (Å²) in [5.41, 5.74) is 0.0923. The largest absolute Gasteiger partial charge is 0.354 e. The van der Waals surface area contributed by atoms with Crippen LogP contribution in [0.25, 0.3) is 0 Å². The number of rotatable bonds is 3. The van der Waals surface area contributed by atoms with Crippen molar-refractivity contribution in [1.82, 2.24) is 19.9 Å². The van der Waals surface area contributed by atoms with Gasteiger partial charge in [-0.15, -0.1) is 0 Å². The fourth-order valence-electron chi connectivity index (χ4n) is 4.02. The number of pyridine rings is 1. The molecule has 0 N–H and O–H groups in total. The minimum Gasteiger partial charge on any atom is -0.354 e. The zero-order chi connectivity index (χ0) is 17.3. The van der Waals surface area contributed by atoms with Crippen LogP contribution >= 0.6 is 0 Å². The molecular formula is C18H21F2N5. The molecule has 0 radical (unpaired) electrons. The Labute approximate surface area is 145 Å². The van der Waals surface area contributed by atoms with E-state index in [9.17, 15) is 8.78 Å². The van der Waals surface area contributed by atoms with Crippen LogP contribution in [-0.4, -0.2) is 52.0 Å². The minimum absolute atomic E-state index is 0.0909. The summed E-state index contributed by atoms with van der Waals surface area (Å²) >= 11 is 0. The first-order chi connectivity index (χ1) is 12.1. The van der Waals surface area contributed by atoms with Crippen molar-refractivity contribution in [3.63, 3.8) is 0 Å². The predicted molar refractivity (Wildman–Crippen MR) is 90.4 cm³/mol. The van der Waals surface area contributed by atoms with Gasteiger partial charge in [0.25, 0.3) is 5.92 Å². The maximum Gasteiger partial charge on any atom is 0.257 e. The van der Waals surface area contributed by atoms with Gasteiger partial charge in [0.05, 0.1) is 11.6 Å². The van der Waals surface area contributed by atoms with Crippen LogP contribution < -0.4 is 4.90 Å². The maximum absolute atomic E-state index is 14.9. The lowest BCUT2D eigenvalue weighted by atomic mass is 9.75. The van der Waals surface area contributed by atoms with Crippen LogP contribution in [0.5, 0.6) is 0 Å². The molecule has 5 nitrogen and oxygen atoms in total. The highest BCUT2D eigenvalue weighted by atomic mass is 19.3. The van der Waals surface area contributed by atoms with Crippen molar-refractivity contribution in [2.75, 3.05) is 31.1 Å². The summed E-state index contributed by atoms with van der Waals surface area (Å²) < 4.78 is 29.7. The van der Waals surface area contributed by atoms with Crippen LogP contribution in [0.3, 0.4) is 0 Å². The highest BCUT2D eigenvalue weighted by Crippen LogP contribution is 2.50. The van der Waals surface area contributed by atoms with Crippen LogP contribution in [0.1, 0.15) is 18.4 Å². The summed E-state index contributed by atoms with van der Waals surface area (Å²) in [5, 5.41) is 0. The monoisotopic (exact) mass is 345 g/mol. The number of piperidine rings is 1. The summed E-state index contributed by atoms with van der Waals surface area (Å²) in [5.74, 6) is -1.97. The average Bonchev–Trinajstić information content (AvgIpc) is 3.06. The molecule has 2 aliphatic rings. The van der Waals surface area contributed by atoms with E-state index in [4.69, 9.17) is 0 Å². The molecule has 25 heavy (non-hydrogen) atoms. The van der Waals surface area contributed by atoms with Gasteiger partial charge < -0.3 is 4.90 Å². The molecule has 0 aliphatic carbocycles. The number of likely N-dealkylation sites (tertiary alicyclic amines) is 1. The fraction of sp³-hybridized carbons (Fsp3) is 0.500. The van der Waals surface area contributed by atoms with Crippen molar-refractivity contribution in [2.45, 2.75) is 25.3 Å². The molecule has 4 rings (SSSR count). The molecule has 2 aromatic heterocycles. The van der Waals surface area contributed by atoms with Gasteiger partial charge in [-0.1, -0.05) is 0 Å². The van der Waals surface area contributed by atoms with Gasteiger partial charge >= 0.3 is 0 Å². The van der Waals surface area contributed by atoms with Crippen LogP contribution in [0, 0.1) is 5.41 Å². The quantitative estimate of drug-likeness (QED) is 0.856. The maximum atomic E-state index is 14.9. The van der Waals surface area contributed by atoms with E-state index in [1.165, 1.54) is 0 Å². The van der Waals surface area contributed by atoms with Gasteiger partial charge in [0.2, 0.25) is 0 Å². The van der Waals surface area contributed by atoms with Crippen molar-refractivity contribution >= 4 is 5.82 Å². The number of hydrogen-bond acceptors (Lipinski definition) is 5. The Morgan fingerprint density at radius 3 is 2.56 bits per heavy atom. The molecule has 0 bridgehead atoms. The third kappa shape index (κ3) is 3.08. The molecule has 7 heteroatoms. The van der Waals surface area contributed by atoms with Crippen molar-refractivity contribution in [1.29, 1.82) is 0 Å². The van der Waals surface area contributed by atoms with Crippen LogP contribution in [0.2, 0.25) is 0 Å². The Kier molecular flexibility index (Phi) is 4.11. The molecule has 4 heterocycles. The molecular weight excluding hydrogens is 324 g/mol. The Balaban J connectivity index is 1.52. The molecule has 2 fully saturated rings. The molecule has 2 aliphatic heterocycles. The number of aromatic nitrogens is 3. The second kappa shape index (κ2) is 6.29. The molecule has 132 valence electrons. The van der Waals surface area contributed by atoms with E-state index < -0.39 is 11.3 Å². The van der Waals surface area contributed by atoms with Gasteiger partial charge in [-0.3, -0.25) is 14.9 Å². The third-order valence-electron chi connectivity index (χ3n) is 5.43. The van der Waals surface area contributed by atoms with Gasteiger partial charge in [0.1, 0.15) is 5.82 Å². The van der Waals surface area contributed by atoms with Crippen molar-refractivity contribution in [3.05, 3.63) is 48.7 Å². The highest BCUT2D eigenvalue weighted by Gasteiger charge is 2.59. The van der Waals surface area contributed by atoms with E-state index in [0.717, 1.165) is 5.56 Å². The van der Waals surface area contributed by atoms with E-state index in [0.29, 0.717) is 45.0 Å². The summed E-state index contributed by atoms with van der Waals surface area (Å²) in [4.78, 5) is 16.4. The second-order valence-electron chi connectivity index (χ2n) is 7.04. The van der Waals surface area contributed by atoms with Crippen LogP contribution in [-0.2, 0) is 6.54 Å². The fourth-order valence-corrected chi connectivity index (χ4v) is 4.02. The SMILES string of the molecule is FC1(F)CCN(Cc2ccncc2)C[C@]12CCN(c1cnccn1)C2. The molecule has 0 saturated carbocycles. The number of nitrogens with zero attached hydrogens (tertiary/aromatic N) is 5. The van der Waals surface area contributed by atoms with Crippen LogP contribution in [0.4, 0.5) is 14.6 Å². The third-order valence-corrected chi connectivity index (χ3v) is 5.43. The summed E-state index contributed by atoms with van der Waals surface area (Å²) in [6.45, 7) is 2.43. The lowest BCUT2D eigenvalue weighted by Gasteiger charge is -2.46. The van der Waals surface area contributed by atoms with Crippen molar-refractivity contribution in [2.24, 2.45) is 5.41 Å². The number of halogens is 2. The zero-order valence-corrected chi connectivity index (χ0v) is 14.0. The Morgan fingerprint density at radius 1 is 0.960 bits per heavy atom. The van der Waals surface area contributed by atoms with E-state index in [-0.39, 0.29) is 6.42 Å². The number of hydrogen-bond donors (Lipinski definition) is 0. The topological polar surface area (TPSA) is 45.2 Å². The van der Waals surface area contributed by atoms with Gasteiger partial charge in [0.15, 0.2) is 0 Å². The molecule has 1 spiro atoms. The number of anilines is 1.